The van der Waals surface area contributed by atoms with E-state index < -0.39 is 0 Å². The van der Waals surface area contributed by atoms with Gasteiger partial charge in [-0.15, -0.1) is 0 Å². The van der Waals surface area contributed by atoms with Crippen LogP contribution < -0.4 is 10.2 Å². The number of nitrogens with zero attached hydrogens (tertiary/aromatic N) is 4. The summed E-state index contributed by atoms with van der Waals surface area (Å²) >= 11 is 0. The molecular weight excluding hydrogens is 378 g/mol. The van der Waals surface area contributed by atoms with Crippen molar-refractivity contribution in [3.63, 3.8) is 0 Å². The fourth-order valence-corrected chi connectivity index (χ4v) is 4.15. The van der Waals surface area contributed by atoms with E-state index >= 15 is 0 Å². The monoisotopic (exact) mass is 409 g/mol. The maximum Gasteiger partial charge on any atom is 0.251 e. The molecule has 7 nitrogen and oxygen atoms in total. The van der Waals surface area contributed by atoms with Crippen LogP contribution in [0.2, 0.25) is 0 Å². The summed E-state index contributed by atoms with van der Waals surface area (Å²) in [5.74, 6) is 1.42. The second-order valence-corrected chi connectivity index (χ2v) is 8.21. The van der Waals surface area contributed by atoms with E-state index in [0.29, 0.717) is 12.5 Å². The van der Waals surface area contributed by atoms with Gasteiger partial charge in [0, 0.05) is 56.7 Å². The number of morpholine rings is 1. The molecule has 1 aromatic heterocycles. The van der Waals surface area contributed by atoms with Crippen molar-refractivity contribution in [2.75, 3.05) is 57.4 Å². The van der Waals surface area contributed by atoms with E-state index in [2.05, 4.69) is 37.2 Å². The Kier molecular flexibility index (Phi) is 6.92. The fraction of sp³-hybridized carbons (Fsp3) is 0.522. The maximum absolute atomic E-state index is 12.4. The van der Waals surface area contributed by atoms with Crippen molar-refractivity contribution in [3.05, 3.63) is 53.3 Å². The van der Waals surface area contributed by atoms with E-state index in [4.69, 9.17) is 4.74 Å². The topological polar surface area (TPSA) is 70.6 Å². The van der Waals surface area contributed by atoms with Crippen molar-refractivity contribution in [3.8, 4) is 0 Å². The first kappa shape index (κ1) is 20.8. The van der Waals surface area contributed by atoms with Crippen molar-refractivity contribution in [2.45, 2.75) is 19.8 Å². The molecule has 2 aromatic rings. The number of amides is 1. The molecule has 1 aromatic carbocycles. The van der Waals surface area contributed by atoms with Gasteiger partial charge in [-0.1, -0.05) is 12.1 Å². The van der Waals surface area contributed by atoms with E-state index in [9.17, 15) is 4.79 Å². The second-order valence-electron chi connectivity index (χ2n) is 8.21. The van der Waals surface area contributed by atoms with E-state index in [1.807, 2.05) is 31.3 Å². The molecule has 160 valence electrons. The minimum Gasteiger partial charge on any atom is -0.379 e. The van der Waals surface area contributed by atoms with Gasteiger partial charge in [-0.2, -0.15) is 0 Å². The molecule has 0 aliphatic carbocycles. The highest BCUT2D eigenvalue weighted by atomic mass is 16.5. The van der Waals surface area contributed by atoms with Gasteiger partial charge in [0.05, 0.1) is 13.2 Å². The van der Waals surface area contributed by atoms with Gasteiger partial charge in [0.1, 0.15) is 0 Å². The first-order valence-corrected chi connectivity index (χ1v) is 10.9. The molecule has 2 aliphatic rings. The molecule has 2 aliphatic heterocycles. The lowest BCUT2D eigenvalue weighted by atomic mass is 9.98. The Morgan fingerprint density at radius 1 is 1.17 bits per heavy atom. The number of anilines is 1. The SMILES string of the molecule is Cc1ccnc(N2CCC(Cc3ccc(C(=O)NCCN4CCOCC4)cc3)C2)n1. The number of aryl methyl sites for hydroxylation is 1. The van der Waals surface area contributed by atoms with E-state index in [0.717, 1.165) is 76.0 Å². The predicted molar refractivity (Wildman–Crippen MR) is 117 cm³/mol. The smallest absolute Gasteiger partial charge is 0.251 e. The number of rotatable bonds is 7. The predicted octanol–water partition coefficient (Wildman–Crippen LogP) is 1.92. The van der Waals surface area contributed by atoms with Gasteiger partial charge in [0.15, 0.2) is 0 Å². The number of hydrogen-bond acceptors (Lipinski definition) is 6. The van der Waals surface area contributed by atoms with Crippen molar-refractivity contribution < 1.29 is 9.53 Å². The zero-order valence-electron chi connectivity index (χ0n) is 17.7. The maximum atomic E-state index is 12.4. The molecule has 4 rings (SSSR count). The molecule has 0 spiro atoms. The average Bonchev–Trinajstić information content (AvgIpc) is 3.23. The summed E-state index contributed by atoms with van der Waals surface area (Å²) in [6.45, 7) is 8.97. The highest BCUT2D eigenvalue weighted by Crippen LogP contribution is 2.24. The molecule has 1 amide bonds. The molecule has 0 radical (unpaired) electrons. The van der Waals surface area contributed by atoms with E-state index in [1.165, 1.54) is 5.56 Å². The number of aromatic nitrogens is 2. The van der Waals surface area contributed by atoms with E-state index in [-0.39, 0.29) is 5.91 Å². The normalized spacial score (nSPS) is 19.8. The standard InChI is InChI=1S/C23H31N5O2/c1-18-6-8-25-23(26-18)28-10-7-20(17-28)16-19-2-4-21(5-3-19)22(29)24-9-11-27-12-14-30-15-13-27/h2-6,8,20H,7,9-17H2,1H3,(H,24,29). The van der Waals surface area contributed by atoms with Crippen molar-refractivity contribution in [2.24, 2.45) is 5.92 Å². The van der Waals surface area contributed by atoms with Crippen LogP contribution >= 0.6 is 0 Å². The second kappa shape index (κ2) is 10.00. The summed E-state index contributed by atoms with van der Waals surface area (Å²) in [5, 5.41) is 3.03. The van der Waals surface area contributed by atoms with Crippen LogP contribution in [-0.2, 0) is 11.2 Å². The Labute approximate surface area is 178 Å². The number of benzene rings is 1. The molecule has 0 saturated carbocycles. The van der Waals surface area contributed by atoms with Gasteiger partial charge in [0.2, 0.25) is 5.95 Å². The lowest BCUT2D eigenvalue weighted by Gasteiger charge is -2.26. The molecular formula is C23H31N5O2. The molecule has 30 heavy (non-hydrogen) atoms. The van der Waals surface area contributed by atoms with Crippen LogP contribution in [0.15, 0.2) is 36.5 Å². The quantitative estimate of drug-likeness (QED) is 0.753. The van der Waals surface area contributed by atoms with Crippen LogP contribution in [0.4, 0.5) is 5.95 Å². The molecule has 1 atom stereocenters. The molecule has 1 unspecified atom stereocenters. The molecule has 3 heterocycles. The molecule has 2 fully saturated rings. The van der Waals surface area contributed by atoms with Crippen molar-refractivity contribution in [1.29, 1.82) is 0 Å². The van der Waals surface area contributed by atoms with Gasteiger partial charge in [0.25, 0.3) is 5.91 Å². The van der Waals surface area contributed by atoms with Crippen LogP contribution in [0.3, 0.4) is 0 Å². The van der Waals surface area contributed by atoms with Crippen LogP contribution in [0.5, 0.6) is 0 Å². The Bertz CT molecular complexity index is 836. The first-order chi connectivity index (χ1) is 14.7. The van der Waals surface area contributed by atoms with Gasteiger partial charge in [-0.05, 0) is 49.4 Å². The third-order valence-electron chi connectivity index (χ3n) is 5.91. The number of hydrogen-bond donors (Lipinski definition) is 1. The van der Waals surface area contributed by atoms with Crippen LogP contribution in [0, 0.1) is 12.8 Å². The van der Waals surface area contributed by atoms with Crippen LogP contribution in [0.25, 0.3) is 0 Å². The minimum atomic E-state index is -0.00144. The summed E-state index contributed by atoms with van der Waals surface area (Å²) in [4.78, 5) is 25.9. The van der Waals surface area contributed by atoms with Gasteiger partial charge >= 0.3 is 0 Å². The van der Waals surface area contributed by atoms with Gasteiger partial charge in [-0.25, -0.2) is 9.97 Å². The largest absolute Gasteiger partial charge is 0.379 e. The molecule has 7 heteroatoms. The lowest BCUT2D eigenvalue weighted by molar-refractivity contribution is 0.0383. The van der Waals surface area contributed by atoms with Crippen molar-refractivity contribution in [1.82, 2.24) is 20.2 Å². The fourth-order valence-electron chi connectivity index (χ4n) is 4.15. The van der Waals surface area contributed by atoms with Gasteiger partial charge < -0.3 is 15.0 Å². The Morgan fingerprint density at radius 2 is 1.97 bits per heavy atom. The summed E-state index contributed by atoms with van der Waals surface area (Å²) in [7, 11) is 0. The highest BCUT2D eigenvalue weighted by Gasteiger charge is 2.24. The highest BCUT2D eigenvalue weighted by molar-refractivity contribution is 5.94. The Balaban J connectivity index is 1.23. The summed E-state index contributed by atoms with van der Waals surface area (Å²) in [5.41, 5.74) is 3.00. The summed E-state index contributed by atoms with van der Waals surface area (Å²) in [6, 6.07) is 9.98. The molecule has 0 bridgehead atoms. The first-order valence-electron chi connectivity index (χ1n) is 10.9. The zero-order valence-corrected chi connectivity index (χ0v) is 17.7. The number of carbonyl (C=O) groups excluding carboxylic acids is 1. The Hall–Kier alpha value is -2.51. The number of nitrogens with one attached hydrogen (secondary N) is 1. The zero-order chi connectivity index (χ0) is 20.8. The Morgan fingerprint density at radius 3 is 2.73 bits per heavy atom. The molecule has 2 saturated heterocycles. The van der Waals surface area contributed by atoms with E-state index in [1.54, 1.807) is 0 Å². The third kappa shape index (κ3) is 5.55. The number of carbonyl (C=O) groups is 1. The summed E-state index contributed by atoms with van der Waals surface area (Å²) < 4.78 is 5.35. The molecule has 1 N–H and O–H groups in total. The van der Waals surface area contributed by atoms with Crippen LogP contribution in [-0.4, -0.2) is 73.3 Å². The number of ether oxygens (including phenoxy) is 1. The third-order valence-corrected chi connectivity index (χ3v) is 5.91. The minimum absolute atomic E-state index is 0.00144. The van der Waals surface area contributed by atoms with Gasteiger partial charge in [-0.3, -0.25) is 9.69 Å². The lowest BCUT2D eigenvalue weighted by Crippen LogP contribution is -2.41. The van der Waals surface area contributed by atoms with Crippen LogP contribution in [0.1, 0.15) is 28.0 Å². The van der Waals surface area contributed by atoms with Crippen molar-refractivity contribution >= 4 is 11.9 Å². The average molecular weight is 410 g/mol. The summed E-state index contributed by atoms with van der Waals surface area (Å²) in [6.07, 6.45) is 3.98.